The smallest absolute Gasteiger partial charge is 0.149 e. The van der Waals surface area contributed by atoms with Gasteiger partial charge in [0.2, 0.25) is 0 Å². The van der Waals surface area contributed by atoms with Gasteiger partial charge in [-0.2, -0.15) is 0 Å². The zero-order valence-corrected chi connectivity index (χ0v) is 11.5. The Labute approximate surface area is 105 Å². The summed E-state index contributed by atoms with van der Waals surface area (Å²) in [7, 11) is 2.21. The predicted octanol–water partition coefficient (Wildman–Crippen LogP) is 1.68. The Kier molecular flexibility index (Phi) is 3.88. The van der Waals surface area contributed by atoms with Crippen LogP contribution in [0.5, 0.6) is 0 Å². The molecule has 17 heavy (non-hydrogen) atoms. The molecule has 3 nitrogen and oxygen atoms in total. The lowest BCUT2D eigenvalue weighted by Crippen LogP contribution is -2.54. The van der Waals surface area contributed by atoms with Gasteiger partial charge >= 0.3 is 0 Å². The molecule has 0 unspecified atom stereocenters. The minimum atomic E-state index is 0.167. The van der Waals surface area contributed by atoms with Gasteiger partial charge in [0.15, 0.2) is 0 Å². The van der Waals surface area contributed by atoms with E-state index in [9.17, 15) is 4.79 Å². The van der Waals surface area contributed by atoms with Crippen LogP contribution in [0.1, 0.15) is 39.5 Å². The van der Waals surface area contributed by atoms with Gasteiger partial charge < -0.3 is 10.2 Å². The van der Waals surface area contributed by atoms with Crippen molar-refractivity contribution >= 4 is 5.78 Å². The van der Waals surface area contributed by atoms with Crippen molar-refractivity contribution in [2.24, 2.45) is 11.3 Å². The molecular weight excluding hydrogens is 212 g/mol. The summed E-state index contributed by atoms with van der Waals surface area (Å²) < 4.78 is 0. The maximum absolute atomic E-state index is 11.5. The van der Waals surface area contributed by atoms with Crippen molar-refractivity contribution in [1.82, 2.24) is 10.2 Å². The Hall–Kier alpha value is -0.410. The monoisotopic (exact) mass is 238 g/mol. The van der Waals surface area contributed by atoms with E-state index in [1.807, 2.05) is 13.8 Å². The van der Waals surface area contributed by atoms with Gasteiger partial charge in [0.1, 0.15) is 5.78 Å². The van der Waals surface area contributed by atoms with Crippen molar-refractivity contribution < 1.29 is 4.79 Å². The number of piperidine rings is 1. The quantitative estimate of drug-likeness (QED) is 0.808. The van der Waals surface area contributed by atoms with E-state index in [-0.39, 0.29) is 5.92 Å². The van der Waals surface area contributed by atoms with Crippen LogP contribution in [0.25, 0.3) is 0 Å². The number of ketones is 1. The molecule has 1 saturated heterocycles. The molecule has 0 atom stereocenters. The Bertz CT molecular complexity index is 272. The van der Waals surface area contributed by atoms with Crippen LogP contribution in [0.15, 0.2) is 0 Å². The second-order valence-corrected chi connectivity index (χ2v) is 6.41. The van der Waals surface area contributed by atoms with Gasteiger partial charge in [0.25, 0.3) is 0 Å². The van der Waals surface area contributed by atoms with E-state index in [4.69, 9.17) is 0 Å². The lowest BCUT2D eigenvalue weighted by molar-refractivity contribution is -0.121. The van der Waals surface area contributed by atoms with E-state index in [1.54, 1.807) is 0 Å². The molecule has 0 bridgehead atoms. The first-order chi connectivity index (χ1) is 8.01. The van der Waals surface area contributed by atoms with Crippen LogP contribution in [0, 0.1) is 11.3 Å². The first-order valence-electron chi connectivity index (χ1n) is 6.95. The van der Waals surface area contributed by atoms with Gasteiger partial charge in [-0.25, -0.2) is 0 Å². The average molecular weight is 238 g/mol. The fraction of sp³-hybridized carbons (Fsp3) is 0.929. The van der Waals surface area contributed by atoms with Crippen LogP contribution in [-0.4, -0.2) is 43.4 Å². The third kappa shape index (κ3) is 3.08. The molecule has 2 aliphatic rings. The largest absolute Gasteiger partial charge is 0.307 e. The van der Waals surface area contributed by atoms with Crippen molar-refractivity contribution in [3.8, 4) is 0 Å². The number of hydrogen-bond acceptors (Lipinski definition) is 3. The summed E-state index contributed by atoms with van der Waals surface area (Å²) in [5.74, 6) is 0.509. The molecule has 1 heterocycles. The highest BCUT2D eigenvalue weighted by Gasteiger charge is 2.45. The van der Waals surface area contributed by atoms with Gasteiger partial charge in [0, 0.05) is 12.0 Å². The van der Waals surface area contributed by atoms with Crippen LogP contribution in [0.2, 0.25) is 0 Å². The van der Waals surface area contributed by atoms with E-state index in [1.165, 1.54) is 38.8 Å². The van der Waals surface area contributed by atoms with Crippen LogP contribution in [-0.2, 0) is 4.79 Å². The molecule has 2 rings (SSSR count). The molecule has 0 aromatic rings. The molecule has 0 radical (unpaired) electrons. The molecule has 1 aliphatic carbocycles. The predicted molar refractivity (Wildman–Crippen MR) is 70.0 cm³/mol. The number of nitrogens with zero attached hydrogens (tertiary/aromatic N) is 1. The summed E-state index contributed by atoms with van der Waals surface area (Å²) in [6.07, 6.45) is 5.26. The summed E-state index contributed by atoms with van der Waals surface area (Å²) in [6, 6.07) is 0.598. The normalized spacial score (nSPS) is 25.2. The number of hydrogen-bond donors (Lipinski definition) is 1. The van der Waals surface area contributed by atoms with Gasteiger partial charge in [-0.15, -0.1) is 0 Å². The van der Waals surface area contributed by atoms with E-state index in [0.29, 0.717) is 23.8 Å². The standard InChI is InChI=1S/C14H26N2O/c1-11(2)13(17)10-15-12-8-14(9-12)4-6-16(3)7-5-14/h11-12,15H,4-10H2,1-3H3. The van der Waals surface area contributed by atoms with Gasteiger partial charge in [-0.3, -0.25) is 4.79 Å². The van der Waals surface area contributed by atoms with Crippen molar-refractivity contribution in [1.29, 1.82) is 0 Å². The topological polar surface area (TPSA) is 32.3 Å². The van der Waals surface area contributed by atoms with Crippen molar-refractivity contribution in [3.05, 3.63) is 0 Å². The number of nitrogens with one attached hydrogen (secondary N) is 1. The minimum absolute atomic E-state index is 0.167. The fourth-order valence-corrected chi connectivity index (χ4v) is 3.08. The maximum atomic E-state index is 11.5. The molecule has 1 spiro atoms. The van der Waals surface area contributed by atoms with E-state index >= 15 is 0 Å². The zero-order valence-electron chi connectivity index (χ0n) is 11.5. The number of rotatable bonds is 4. The maximum Gasteiger partial charge on any atom is 0.149 e. The zero-order chi connectivity index (χ0) is 12.5. The second-order valence-electron chi connectivity index (χ2n) is 6.41. The molecule has 2 fully saturated rings. The molecule has 1 N–H and O–H groups in total. The first-order valence-corrected chi connectivity index (χ1v) is 6.95. The molecule has 98 valence electrons. The third-order valence-corrected chi connectivity index (χ3v) is 4.62. The number of carbonyl (C=O) groups is 1. The number of Topliss-reactive ketones (excluding diaryl/α,β-unsaturated/α-hetero) is 1. The minimum Gasteiger partial charge on any atom is -0.307 e. The summed E-state index contributed by atoms with van der Waals surface area (Å²) in [4.78, 5) is 14.0. The highest BCUT2D eigenvalue weighted by Crippen LogP contribution is 2.48. The highest BCUT2D eigenvalue weighted by atomic mass is 16.1. The molecular formula is C14H26N2O. The van der Waals surface area contributed by atoms with E-state index in [0.717, 1.165) is 0 Å². The molecule has 1 aliphatic heterocycles. The summed E-state index contributed by atoms with van der Waals surface area (Å²) in [6.45, 7) is 7.01. The number of carbonyl (C=O) groups excluding carboxylic acids is 1. The van der Waals surface area contributed by atoms with E-state index in [2.05, 4.69) is 17.3 Å². The van der Waals surface area contributed by atoms with Gasteiger partial charge in [-0.1, -0.05) is 13.8 Å². The van der Waals surface area contributed by atoms with E-state index < -0.39 is 0 Å². The Morgan fingerprint density at radius 3 is 2.47 bits per heavy atom. The van der Waals surface area contributed by atoms with Gasteiger partial charge in [-0.05, 0) is 51.2 Å². The van der Waals surface area contributed by atoms with Crippen molar-refractivity contribution in [2.45, 2.75) is 45.6 Å². The summed E-state index contributed by atoms with van der Waals surface area (Å²) >= 11 is 0. The third-order valence-electron chi connectivity index (χ3n) is 4.62. The molecule has 3 heteroatoms. The number of likely N-dealkylation sites (tertiary alicyclic amines) is 1. The van der Waals surface area contributed by atoms with Crippen molar-refractivity contribution in [2.75, 3.05) is 26.7 Å². The molecule has 0 aromatic carbocycles. The Morgan fingerprint density at radius 2 is 1.94 bits per heavy atom. The van der Waals surface area contributed by atoms with Crippen LogP contribution >= 0.6 is 0 Å². The lowest BCUT2D eigenvalue weighted by Gasteiger charge is -2.52. The average Bonchev–Trinajstić information content (AvgIpc) is 2.25. The van der Waals surface area contributed by atoms with Crippen LogP contribution in [0.3, 0.4) is 0 Å². The molecule has 1 saturated carbocycles. The lowest BCUT2D eigenvalue weighted by atomic mass is 9.60. The van der Waals surface area contributed by atoms with Crippen molar-refractivity contribution in [3.63, 3.8) is 0 Å². The van der Waals surface area contributed by atoms with Gasteiger partial charge in [0.05, 0.1) is 6.54 Å². The summed E-state index contributed by atoms with van der Waals surface area (Å²) in [5.41, 5.74) is 0.616. The second kappa shape index (κ2) is 5.07. The first kappa shape index (κ1) is 13.0. The van der Waals surface area contributed by atoms with Crippen LogP contribution < -0.4 is 5.32 Å². The Balaban J connectivity index is 1.67. The van der Waals surface area contributed by atoms with Crippen LogP contribution in [0.4, 0.5) is 0 Å². The SMILES string of the molecule is CC(C)C(=O)CNC1CC2(CCN(C)CC2)C1. The Morgan fingerprint density at radius 1 is 1.35 bits per heavy atom. The fourth-order valence-electron chi connectivity index (χ4n) is 3.08. The summed E-state index contributed by atoms with van der Waals surface area (Å²) in [5, 5.41) is 3.42. The highest BCUT2D eigenvalue weighted by molar-refractivity contribution is 5.82. The molecule has 0 aromatic heterocycles. The molecule has 0 amide bonds.